The SMILES string of the molecule is C=CCOC(=O)N1c2cc(OCCCC(=O)OC)c(OC)cc2C(OC)(OC)CN2CCCC[C@H]2[C@@H]1O. The highest BCUT2D eigenvalue weighted by Crippen LogP contribution is 2.45. The van der Waals surface area contributed by atoms with Crippen LogP contribution < -0.4 is 14.4 Å². The van der Waals surface area contributed by atoms with Crippen LogP contribution in [0.2, 0.25) is 0 Å². The lowest BCUT2D eigenvalue weighted by atomic mass is 9.92. The smallest absolute Gasteiger partial charge is 0.416 e. The van der Waals surface area contributed by atoms with Gasteiger partial charge in [0.2, 0.25) is 5.79 Å². The molecule has 1 fully saturated rings. The van der Waals surface area contributed by atoms with Crippen molar-refractivity contribution >= 4 is 17.7 Å². The predicted molar refractivity (Wildman–Crippen MR) is 135 cm³/mol. The van der Waals surface area contributed by atoms with Gasteiger partial charge in [-0.25, -0.2) is 9.69 Å². The molecule has 1 saturated heterocycles. The van der Waals surface area contributed by atoms with E-state index in [-0.39, 0.29) is 31.6 Å². The highest BCUT2D eigenvalue weighted by Gasteiger charge is 2.48. The Balaban J connectivity index is 2.14. The van der Waals surface area contributed by atoms with Crippen molar-refractivity contribution in [2.24, 2.45) is 0 Å². The van der Waals surface area contributed by atoms with Crippen molar-refractivity contribution in [3.8, 4) is 11.5 Å². The lowest BCUT2D eigenvalue weighted by molar-refractivity contribution is -0.233. The zero-order chi connectivity index (χ0) is 27.0. The molecule has 1 aromatic carbocycles. The average Bonchev–Trinajstić information content (AvgIpc) is 2.92. The van der Waals surface area contributed by atoms with Gasteiger partial charge in [0.1, 0.15) is 6.61 Å². The van der Waals surface area contributed by atoms with E-state index in [1.165, 1.54) is 39.4 Å². The monoisotopic (exact) mass is 522 g/mol. The Bertz CT molecular complexity index is 950. The third kappa shape index (κ3) is 6.18. The van der Waals surface area contributed by atoms with Gasteiger partial charge < -0.3 is 33.5 Å². The summed E-state index contributed by atoms with van der Waals surface area (Å²) in [6, 6.07) is 2.92. The van der Waals surface area contributed by atoms with Gasteiger partial charge in [0, 0.05) is 32.3 Å². The molecule has 1 N–H and O–H groups in total. The molecule has 0 bridgehead atoms. The minimum atomic E-state index is -1.28. The van der Waals surface area contributed by atoms with Gasteiger partial charge in [0.15, 0.2) is 17.7 Å². The molecule has 0 aromatic heterocycles. The molecule has 2 atom stereocenters. The van der Waals surface area contributed by atoms with Crippen molar-refractivity contribution in [3.63, 3.8) is 0 Å². The fourth-order valence-electron chi connectivity index (χ4n) is 4.88. The minimum absolute atomic E-state index is 0.0293. The van der Waals surface area contributed by atoms with Crippen LogP contribution in [0, 0.1) is 0 Å². The van der Waals surface area contributed by atoms with Crippen LogP contribution in [0.3, 0.4) is 0 Å². The summed E-state index contributed by atoms with van der Waals surface area (Å²) in [5.41, 5.74) is 0.772. The molecule has 0 radical (unpaired) electrons. The summed E-state index contributed by atoms with van der Waals surface area (Å²) < 4.78 is 33.6. The van der Waals surface area contributed by atoms with Crippen LogP contribution in [0.4, 0.5) is 10.5 Å². The molecular weight excluding hydrogens is 484 g/mol. The third-order valence-electron chi connectivity index (χ3n) is 6.83. The molecule has 2 aliphatic heterocycles. The van der Waals surface area contributed by atoms with Gasteiger partial charge in [-0.05, 0) is 31.9 Å². The topological polar surface area (TPSA) is 116 Å². The van der Waals surface area contributed by atoms with E-state index >= 15 is 0 Å². The zero-order valence-corrected chi connectivity index (χ0v) is 22.1. The predicted octanol–water partition coefficient (Wildman–Crippen LogP) is 2.79. The number of carbonyl (C=O) groups is 2. The van der Waals surface area contributed by atoms with Crippen molar-refractivity contribution in [2.75, 3.05) is 59.6 Å². The number of carbonyl (C=O) groups excluding carboxylic acids is 2. The summed E-state index contributed by atoms with van der Waals surface area (Å²) in [4.78, 5) is 28.1. The van der Waals surface area contributed by atoms with Crippen LogP contribution in [0.5, 0.6) is 11.5 Å². The van der Waals surface area contributed by atoms with Crippen LogP contribution in [0.15, 0.2) is 24.8 Å². The number of fused-ring (bicyclic) bond motifs is 2. The standard InChI is InChI=1S/C26H38N2O9/c1-6-13-37-25(31)28-20-16-22(36-14-9-11-23(29)33-3)21(32-2)15-18(20)26(34-4,35-5)17-27-12-8-7-10-19(27)24(28)30/h6,15-16,19,24,30H,1,7-14,17H2,2-5H3/t19-,24-/m0/s1. The molecule has 0 aliphatic carbocycles. The maximum atomic E-state index is 13.4. The molecule has 0 unspecified atom stereocenters. The molecule has 2 aliphatic rings. The van der Waals surface area contributed by atoms with Gasteiger partial charge in [0.05, 0.1) is 39.1 Å². The van der Waals surface area contributed by atoms with E-state index in [2.05, 4.69) is 16.2 Å². The number of methoxy groups -OCH3 is 4. The number of piperidine rings is 1. The van der Waals surface area contributed by atoms with Crippen LogP contribution in [0.25, 0.3) is 0 Å². The number of anilines is 1. The Morgan fingerprint density at radius 3 is 2.57 bits per heavy atom. The number of hydrogen-bond donors (Lipinski definition) is 1. The first kappa shape index (κ1) is 28.7. The van der Waals surface area contributed by atoms with E-state index in [9.17, 15) is 14.7 Å². The van der Waals surface area contributed by atoms with Crippen molar-refractivity contribution in [3.05, 3.63) is 30.4 Å². The molecular formula is C26H38N2O9. The average molecular weight is 523 g/mol. The normalized spacial score (nSPS) is 21.1. The summed E-state index contributed by atoms with van der Waals surface area (Å²) in [7, 11) is 5.90. The summed E-state index contributed by atoms with van der Waals surface area (Å²) in [5, 5.41) is 11.6. The van der Waals surface area contributed by atoms with E-state index < -0.39 is 18.1 Å². The second kappa shape index (κ2) is 13.1. The molecule has 206 valence electrons. The van der Waals surface area contributed by atoms with E-state index in [4.69, 9.17) is 23.7 Å². The van der Waals surface area contributed by atoms with Gasteiger partial charge in [-0.1, -0.05) is 19.1 Å². The lowest BCUT2D eigenvalue weighted by Gasteiger charge is -2.48. The largest absolute Gasteiger partial charge is 0.493 e. The Morgan fingerprint density at radius 2 is 1.92 bits per heavy atom. The molecule has 37 heavy (non-hydrogen) atoms. The van der Waals surface area contributed by atoms with Gasteiger partial charge in [-0.2, -0.15) is 0 Å². The van der Waals surface area contributed by atoms with E-state index in [0.29, 0.717) is 48.7 Å². The number of benzene rings is 1. The number of hydrogen-bond acceptors (Lipinski definition) is 10. The van der Waals surface area contributed by atoms with E-state index in [1.807, 2.05) is 0 Å². The molecule has 1 amide bonds. The number of amides is 1. The number of esters is 1. The summed E-state index contributed by atoms with van der Waals surface area (Å²) in [6.07, 6.45) is 2.65. The van der Waals surface area contributed by atoms with Crippen molar-refractivity contribution < 1.29 is 43.1 Å². The first-order chi connectivity index (χ1) is 17.8. The Kier molecular flexibility index (Phi) is 10.2. The van der Waals surface area contributed by atoms with E-state index in [0.717, 1.165) is 12.8 Å². The first-order valence-corrected chi connectivity index (χ1v) is 12.4. The number of aliphatic hydroxyl groups is 1. The van der Waals surface area contributed by atoms with Crippen molar-refractivity contribution in [2.45, 2.75) is 50.2 Å². The Labute approximate surface area is 217 Å². The number of ether oxygens (including phenoxy) is 6. The molecule has 0 spiro atoms. The molecule has 0 saturated carbocycles. The molecule has 3 rings (SSSR count). The number of aliphatic hydroxyl groups excluding tert-OH is 1. The summed E-state index contributed by atoms with van der Waals surface area (Å²) in [6.45, 7) is 4.81. The van der Waals surface area contributed by atoms with Gasteiger partial charge >= 0.3 is 12.1 Å². The van der Waals surface area contributed by atoms with Crippen LogP contribution in [-0.4, -0.2) is 89.1 Å². The minimum Gasteiger partial charge on any atom is -0.493 e. The molecule has 2 heterocycles. The highest BCUT2D eigenvalue weighted by molar-refractivity contribution is 5.90. The Hall–Kier alpha value is -2.86. The first-order valence-electron chi connectivity index (χ1n) is 12.4. The Morgan fingerprint density at radius 1 is 1.16 bits per heavy atom. The quantitative estimate of drug-likeness (QED) is 0.213. The van der Waals surface area contributed by atoms with Crippen molar-refractivity contribution in [1.29, 1.82) is 0 Å². The summed E-state index contributed by atoms with van der Waals surface area (Å²) >= 11 is 0. The van der Waals surface area contributed by atoms with Gasteiger partial charge in [0.25, 0.3) is 0 Å². The molecule has 11 heteroatoms. The molecule has 11 nitrogen and oxygen atoms in total. The van der Waals surface area contributed by atoms with Crippen LogP contribution in [-0.2, 0) is 29.5 Å². The fraction of sp³-hybridized carbons (Fsp3) is 0.615. The van der Waals surface area contributed by atoms with Gasteiger partial charge in [-0.15, -0.1) is 0 Å². The second-order valence-electron chi connectivity index (χ2n) is 8.89. The number of rotatable bonds is 10. The zero-order valence-electron chi connectivity index (χ0n) is 22.1. The highest BCUT2D eigenvalue weighted by atomic mass is 16.7. The fourth-order valence-corrected chi connectivity index (χ4v) is 4.88. The van der Waals surface area contributed by atoms with Crippen LogP contribution >= 0.6 is 0 Å². The lowest BCUT2D eigenvalue weighted by Crippen LogP contribution is -2.61. The second-order valence-corrected chi connectivity index (χ2v) is 8.89. The summed E-state index contributed by atoms with van der Waals surface area (Å²) in [5.74, 6) is -0.921. The number of nitrogens with zero attached hydrogens (tertiary/aromatic N) is 2. The maximum absolute atomic E-state index is 13.4. The van der Waals surface area contributed by atoms with Crippen LogP contribution in [0.1, 0.15) is 37.7 Å². The van der Waals surface area contributed by atoms with E-state index in [1.54, 1.807) is 12.1 Å². The van der Waals surface area contributed by atoms with Crippen molar-refractivity contribution in [1.82, 2.24) is 4.90 Å². The third-order valence-corrected chi connectivity index (χ3v) is 6.83. The molecule has 1 aromatic rings. The van der Waals surface area contributed by atoms with Gasteiger partial charge in [-0.3, -0.25) is 9.69 Å². The maximum Gasteiger partial charge on any atom is 0.416 e.